The lowest BCUT2D eigenvalue weighted by molar-refractivity contribution is -0.131. The van der Waals surface area contributed by atoms with Crippen molar-refractivity contribution in [3.63, 3.8) is 0 Å². The Hall–Kier alpha value is -3.55. The van der Waals surface area contributed by atoms with Gasteiger partial charge < -0.3 is 10.2 Å². The van der Waals surface area contributed by atoms with Crippen LogP contribution in [0.1, 0.15) is 21.6 Å². The molecule has 26 heavy (non-hydrogen) atoms. The molecule has 0 saturated heterocycles. The highest BCUT2D eigenvalue weighted by atomic mass is 19.1. The minimum absolute atomic E-state index is 0.00647. The molecule has 0 aliphatic carbocycles. The van der Waals surface area contributed by atoms with E-state index in [1.165, 1.54) is 35.0 Å². The molecule has 0 spiro atoms. The Kier molecular flexibility index (Phi) is 4.49. The van der Waals surface area contributed by atoms with E-state index in [4.69, 9.17) is 10.2 Å². The molecular formula is C18H12F2N2O4. The van der Waals surface area contributed by atoms with Gasteiger partial charge in [-0.15, -0.1) is 0 Å². The second-order valence-electron chi connectivity index (χ2n) is 5.49. The molecule has 3 aromatic rings. The van der Waals surface area contributed by atoms with Crippen molar-refractivity contribution in [2.45, 2.75) is 6.54 Å². The zero-order valence-electron chi connectivity index (χ0n) is 13.2. The number of carboxylic acid groups (broad SMARTS) is 2. The minimum Gasteiger partial charge on any atom is -0.478 e. The molecule has 0 atom stereocenters. The lowest BCUT2D eigenvalue weighted by Gasteiger charge is -2.06. The highest BCUT2D eigenvalue weighted by molar-refractivity contribution is 5.97. The number of rotatable bonds is 5. The molecular weight excluding hydrogens is 346 g/mol. The molecule has 0 saturated carbocycles. The van der Waals surface area contributed by atoms with Gasteiger partial charge in [0.1, 0.15) is 11.6 Å². The number of benzene rings is 2. The van der Waals surface area contributed by atoms with Crippen LogP contribution in [0, 0.1) is 11.6 Å². The van der Waals surface area contributed by atoms with E-state index >= 15 is 0 Å². The van der Waals surface area contributed by atoms with Gasteiger partial charge >= 0.3 is 11.9 Å². The van der Waals surface area contributed by atoms with Gasteiger partial charge in [-0.2, -0.15) is 5.10 Å². The third kappa shape index (κ3) is 3.44. The molecule has 0 bridgehead atoms. The van der Waals surface area contributed by atoms with Crippen LogP contribution in [0.15, 0.2) is 42.5 Å². The predicted octanol–water partition coefficient (Wildman–Crippen LogP) is 3.16. The van der Waals surface area contributed by atoms with Crippen LogP contribution in [-0.2, 0) is 11.3 Å². The first kappa shape index (κ1) is 17.3. The van der Waals surface area contributed by atoms with Crippen LogP contribution >= 0.6 is 0 Å². The van der Waals surface area contributed by atoms with Gasteiger partial charge in [0, 0.05) is 23.1 Å². The molecule has 1 heterocycles. The number of fused-ring (bicyclic) bond motifs is 1. The van der Waals surface area contributed by atoms with Gasteiger partial charge in [0.05, 0.1) is 23.3 Å². The summed E-state index contributed by atoms with van der Waals surface area (Å²) in [5.41, 5.74) is 0.845. The molecule has 0 amide bonds. The Morgan fingerprint density at radius 2 is 1.88 bits per heavy atom. The number of carbonyl (C=O) groups is 2. The second-order valence-corrected chi connectivity index (χ2v) is 5.49. The number of hydrogen-bond acceptors (Lipinski definition) is 3. The summed E-state index contributed by atoms with van der Waals surface area (Å²) in [6.07, 6.45) is 2.17. The van der Waals surface area contributed by atoms with E-state index in [2.05, 4.69) is 5.10 Å². The zero-order chi connectivity index (χ0) is 18.8. The van der Waals surface area contributed by atoms with E-state index in [1.54, 1.807) is 0 Å². The summed E-state index contributed by atoms with van der Waals surface area (Å²) in [5.74, 6) is -3.78. The smallest absolute Gasteiger partial charge is 0.335 e. The SMILES string of the molecule is O=C(O)/C=C/c1nn(Cc2ccc(F)cc2F)c2cc(C(=O)O)ccc12. The van der Waals surface area contributed by atoms with Crippen LogP contribution in [0.4, 0.5) is 8.78 Å². The highest BCUT2D eigenvalue weighted by Crippen LogP contribution is 2.23. The molecule has 132 valence electrons. The monoisotopic (exact) mass is 358 g/mol. The third-order valence-electron chi connectivity index (χ3n) is 3.75. The Bertz CT molecular complexity index is 1060. The lowest BCUT2D eigenvalue weighted by Crippen LogP contribution is -2.05. The van der Waals surface area contributed by atoms with Crippen LogP contribution < -0.4 is 0 Å². The fourth-order valence-electron chi connectivity index (χ4n) is 2.54. The summed E-state index contributed by atoms with van der Waals surface area (Å²) in [6.45, 7) is -0.0768. The van der Waals surface area contributed by atoms with E-state index in [-0.39, 0.29) is 17.7 Å². The van der Waals surface area contributed by atoms with Crippen molar-refractivity contribution in [2.24, 2.45) is 0 Å². The molecule has 6 nitrogen and oxygen atoms in total. The summed E-state index contributed by atoms with van der Waals surface area (Å²) in [5, 5.41) is 22.7. The van der Waals surface area contributed by atoms with Gasteiger partial charge in [0.15, 0.2) is 0 Å². The first-order chi connectivity index (χ1) is 12.3. The average Bonchev–Trinajstić information content (AvgIpc) is 2.92. The number of halogens is 2. The first-order valence-electron chi connectivity index (χ1n) is 7.44. The van der Waals surface area contributed by atoms with Crippen LogP contribution in [0.3, 0.4) is 0 Å². The zero-order valence-corrected chi connectivity index (χ0v) is 13.2. The molecule has 1 aromatic heterocycles. The maximum atomic E-state index is 13.9. The number of aromatic nitrogens is 2. The molecule has 0 fully saturated rings. The van der Waals surface area contributed by atoms with Crippen molar-refractivity contribution < 1.29 is 28.6 Å². The van der Waals surface area contributed by atoms with Crippen molar-refractivity contribution in [3.8, 4) is 0 Å². The van der Waals surface area contributed by atoms with Crippen molar-refractivity contribution >= 4 is 28.9 Å². The van der Waals surface area contributed by atoms with Crippen LogP contribution in [0.25, 0.3) is 17.0 Å². The normalized spacial score (nSPS) is 11.3. The molecule has 2 N–H and O–H groups in total. The first-order valence-corrected chi connectivity index (χ1v) is 7.44. The summed E-state index contributed by atoms with van der Waals surface area (Å²) < 4.78 is 28.4. The topological polar surface area (TPSA) is 92.4 Å². The van der Waals surface area contributed by atoms with Crippen molar-refractivity contribution in [2.75, 3.05) is 0 Å². The molecule has 0 unspecified atom stereocenters. The van der Waals surface area contributed by atoms with Gasteiger partial charge in [-0.25, -0.2) is 18.4 Å². The lowest BCUT2D eigenvalue weighted by atomic mass is 10.1. The van der Waals surface area contributed by atoms with Crippen LogP contribution in [-0.4, -0.2) is 31.9 Å². The standard InChI is InChI=1S/C18H12F2N2O4/c19-12-3-1-11(14(20)8-12)9-22-16-7-10(18(25)26)2-4-13(16)15(21-22)5-6-17(23)24/h1-8H,9H2,(H,23,24)(H,25,26)/b6-5+. The largest absolute Gasteiger partial charge is 0.478 e. The van der Waals surface area contributed by atoms with E-state index < -0.39 is 23.6 Å². The molecule has 2 aromatic carbocycles. The third-order valence-corrected chi connectivity index (χ3v) is 3.75. The Morgan fingerprint density at radius 3 is 2.54 bits per heavy atom. The maximum absolute atomic E-state index is 13.9. The van der Waals surface area contributed by atoms with Gasteiger partial charge in [-0.05, 0) is 30.3 Å². The average molecular weight is 358 g/mol. The summed E-state index contributed by atoms with van der Waals surface area (Å²) in [7, 11) is 0. The van der Waals surface area contributed by atoms with Gasteiger partial charge in [-0.3, -0.25) is 4.68 Å². The molecule has 0 radical (unpaired) electrons. The quantitative estimate of drug-likeness (QED) is 0.684. The number of nitrogens with zero attached hydrogens (tertiary/aromatic N) is 2. The van der Waals surface area contributed by atoms with Crippen molar-refractivity contribution in [1.29, 1.82) is 0 Å². The number of aromatic carboxylic acids is 1. The Morgan fingerprint density at radius 1 is 1.12 bits per heavy atom. The highest BCUT2D eigenvalue weighted by Gasteiger charge is 2.14. The van der Waals surface area contributed by atoms with E-state index in [9.17, 15) is 18.4 Å². The van der Waals surface area contributed by atoms with Gasteiger partial charge in [-0.1, -0.05) is 6.07 Å². The Balaban J connectivity index is 2.14. The van der Waals surface area contributed by atoms with E-state index in [0.29, 0.717) is 16.6 Å². The maximum Gasteiger partial charge on any atom is 0.335 e. The predicted molar refractivity (Wildman–Crippen MR) is 88.8 cm³/mol. The molecule has 0 aliphatic heterocycles. The summed E-state index contributed by atoms with van der Waals surface area (Å²) >= 11 is 0. The summed E-state index contributed by atoms with van der Waals surface area (Å²) in [6, 6.07) is 7.36. The minimum atomic E-state index is -1.17. The van der Waals surface area contributed by atoms with Crippen LogP contribution in [0.2, 0.25) is 0 Å². The van der Waals surface area contributed by atoms with Gasteiger partial charge in [0.25, 0.3) is 0 Å². The number of hydrogen-bond donors (Lipinski definition) is 2. The second kappa shape index (κ2) is 6.75. The fraction of sp³-hybridized carbons (Fsp3) is 0.0556. The Labute approximate surface area is 145 Å². The van der Waals surface area contributed by atoms with E-state index in [0.717, 1.165) is 18.2 Å². The molecule has 3 rings (SSSR count). The van der Waals surface area contributed by atoms with E-state index in [1.807, 2.05) is 0 Å². The number of aliphatic carboxylic acids is 1. The van der Waals surface area contributed by atoms with Crippen molar-refractivity contribution in [3.05, 3.63) is 70.9 Å². The summed E-state index contributed by atoms with van der Waals surface area (Å²) in [4.78, 5) is 21.9. The van der Waals surface area contributed by atoms with Gasteiger partial charge in [0.2, 0.25) is 0 Å². The molecule has 0 aliphatic rings. The van der Waals surface area contributed by atoms with Crippen LogP contribution in [0.5, 0.6) is 0 Å². The fourth-order valence-corrected chi connectivity index (χ4v) is 2.54. The molecule has 8 heteroatoms. The van der Waals surface area contributed by atoms with Crippen molar-refractivity contribution in [1.82, 2.24) is 9.78 Å². The number of carboxylic acids is 2.